The lowest BCUT2D eigenvalue weighted by atomic mass is 10.2. The fourth-order valence-corrected chi connectivity index (χ4v) is 8.17. The van der Waals surface area contributed by atoms with Crippen LogP contribution in [-0.4, -0.2) is 58.9 Å². The predicted octanol–water partition coefficient (Wildman–Crippen LogP) is 0.842. The maximum Gasteiger partial charge on any atom is 0.183 e. The summed E-state index contributed by atoms with van der Waals surface area (Å²) in [6.45, 7) is 2.58. The largest absolute Gasteiger partial charge is 0.377 e. The number of sulfone groups is 2. The van der Waals surface area contributed by atoms with Gasteiger partial charge in [-0.05, 0) is 43.5 Å². The number of aryl methyl sites for hydroxylation is 1. The summed E-state index contributed by atoms with van der Waals surface area (Å²) in [6.07, 6.45) is 1.81. The third-order valence-electron chi connectivity index (χ3n) is 4.79. The number of benzene rings is 1. The van der Waals surface area contributed by atoms with Crippen LogP contribution in [-0.2, 0) is 24.4 Å². The highest BCUT2D eigenvalue weighted by atomic mass is 32.2. The highest BCUT2D eigenvalue weighted by Gasteiger charge is 2.45. The Morgan fingerprint density at radius 2 is 2.08 bits per heavy atom. The monoisotopic (exact) mass is 391 g/mol. The molecule has 1 N–H and O–H groups in total. The maximum atomic E-state index is 13.4. The molecule has 1 aromatic carbocycles. The molecular formula is C16H22FNO5S2. The van der Waals surface area contributed by atoms with E-state index in [-0.39, 0.29) is 22.3 Å². The number of nitrogens with one attached hydrogen (secondary N) is 1. The van der Waals surface area contributed by atoms with Crippen molar-refractivity contribution in [2.45, 2.75) is 42.1 Å². The lowest BCUT2D eigenvalue weighted by molar-refractivity contribution is 0.108. The normalized spacial score (nSPS) is 29.1. The first-order chi connectivity index (χ1) is 11.7. The smallest absolute Gasteiger partial charge is 0.183 e. The summed E-state index contributed by atoms with van der Waals surface area (Å²) in [5.41, 5.74) is 0.214. The zero-order valence-electron chi connectivity index (χ0n) is 13.9. The molecular weight excluding hydrogens is 369 g/mol. The van der Waals surface area contributed by atoms with E-state index < -0.39 is 42.5 Å². The van der Waals surface area contributed by atoms with Gasteiger partial charge in [0, 0.05) is 19.2 Å². The highest BCUT2D eigenvalue weighted by molar-refractivity contribution is 7.96. The number of hydrogen-bond donors (Lipinski definition) is 1. The van der Waals surface area contributed by atoms with Gasteiger partial charge in [-0.2, -0.15) is 0 Å². The van der Waals surface area contributed by atoms with Crippen LogP contribution < -0.4 is 5.32 Å². The second kappa shape index (κ2) is 6.94. The van der Waals surface area contributed by atoms with Gasteiger partial charge in [-0.1, -0.05) is 0 Å². The molecule has 0 radical (unpaired) electrons. The van der Waals surface area contributed by atoms with Gasteiger partial charge >= 0.3 is 0 Å². The Balaban J connectivity index is 1.84. The molecule has 2 fully saturated rings. The predicted molar refractivity (Wildman–Crippen MR) is 91.5 cm³/mol. The molecule has 0 saturated carbocycles. The summed E-state index contributed by atoms with van der Waals surface area (Å²) < 4.78 is 68.9. The molecule has 3 atom stereocenters. The second-order valence-corrected chi connectivity index (χ2v) is 11.0. The molecule has 0 aromatic heterocycles. The molecule has 0 aliphatic carbocycles. The first kappa shape index (κ1) is 18.8. The van der Waals surface area contributed by atoms with Crippen molar-refractivity contribution in [3.63, 3.8) is 0 Å². The first-order valence-corrected chi connectivity index (χ1v) is 11.6. The summed E-state index contributed by atoms with van der Waals surface area (Å²) in [5, 5.41) is 1.99. The van der Waals surface area contributed by atoms with Gasteiger partial charge in [0.15, 0.2) is 19.7 Å². The number of hydrogen-bond acceptors (Lipinski definition) is 6. The van der Waals surface area contributed by atoms with Crippen LogP contribution in [0.3, 0.4) is 0 Å². The Morgan fingerprint density at radius 3 is 2.72 bits per heavy atom. The van der Waals surface area contributed by atoms with Crippen molar-refractivity contribution in [2.24, 2.45) is 0 Å². The van der Waals surface area contributed by atoms with Gasteiger partial charge in [0.05, 0.1) is 27.8 Å². The van der Waals surface area contributed by atoms with Crippen molar-refractivity contribution in [3.05, 3.63) is 29.6 Å². The lowest BCUT2D eigenvalue weighted by Crippen LogP contribution is -2.45. The molecule has 0 amide bonds. The quantitative estimate of drug-likeness (QED) is 0.749. The highest BCUT2D eigenvalue weighted by Crippen LogP contribution is 2.27. The van der Waals surface area contributed by atoms with Crippen molar-refractivity contribution in [3.8, 4) is 0 Å². The third-order valence-corrected chi connectivity index (χ3v) is 8.94. The Morgan fingerprint density at radius 1 is 1.32 bits per heavy atom. The van der Waals surface area contributed by atoms with Gasteiger partial charge < -0.3 is 10.1 Å². The topological polar surface area (TPSA) is 89.5 Å². The van der Waals surface area contributed by atoms with E-state index in [2.05, 4.69) is 5.32 Å². The number of rotatable bonds is 5. The van der Waals surface area contributed by atoms with Crippen molar-refractivity contribution < 1.29 is 26.0 Å². The summed E-state index contributed by atoms with van der Waals surface area (Å²) in [4.78, 5) is -0.0441. The molecule has 0 spiro atoms. The van der Waals surface area contributed by atoms with E-state index in [0.29, 0.717) is 13.2 Å². The Bertz CT molecular complexity index is 847. The summed E-state index contributed by atoms with van der Waals surface area (Å²) in [6, 6.07) is 2.86. The zero-order valence-corrected chi connectivity index (χ0v) is 15.6. The van der Waals surface area contributed by atoms with Gasteiger partial charge in [-0.15, -0.1) is 0 Å². The van der Waals surface area contributed by atoms with E-state index in [9.17, 15) is 21.2 Å². The molecule has 2 aliphatic rings. The van der Waals surface area contributed by atoms with Gasteiger partial charge in [0.25, 0.3) is 0 Å². The molecule has 140 valence electrons. The Hall–Kier alpha value is -1.03. The van der Waals surface area contributed by atoms with Crippen LogP contribution >= 0.6 is 0 Å². The molecule has 25 heavy (non-hydrogen) atoms. The van der Waals surface area contributed by atoms with Gasteiger partial charge in [-0.3, -0.25) is 0 Å². The van der Waals surface area contributed by atoms with Crippen LogP contribution in [0, 0.1) is 12.7 Å². The van der Waals surface area contributed by atoms with Crippen LogP contribution in [0.2, 0.25) is 0 Å². The van der Waals surface area contributed by atoms with E-state index in [0.717, 1.165) is 18.9 Å². The molecule has 1 aromatic rings. The maximum absolute atomic E-state index is 13.4. The lowest BCUT2D eigenvalue weighted by Gasteiger charge is -2.22. The van der Waals surface area contributed by atoms with E-state index in [1.807, 2.05) is 0 Å². The fourth-order valence-electron chi connectivity index (χ4n) is 3.37. The van der Waals surface area contributed by atoms with Crippen molar-refractivity contribution in [2.75, 3.05) is 24.7 Å². The summed E-state index contributed by atoms with van der Waals surface area (Å²) in [5.74, 6) is -1.13. The SMILES string of the molecule is Cc1cc(S(=O)(=O)[C@H]2CS(=O)(=O)C[C@@H]2NC[C@H]2CCCO2)ccc1F. The minimum atomic E-state index is -3.89. The minimum Gasteiger partial charge on any atom is -0.377 e. The molecule has 9 heteroatoms. The zero-order chi connectivity index (χ0) is 18.2. The molecule has 2 aliphatic heterocycles. The Labute approximate surface area is 147 Å². The van der Waals surface area contributed by atoms with Crippen molar-refractivity contribution >= 4 is 19.7 Å². The van der Waals surface area contributed by atoms with Gasteiger partial charge in [-0.25, -0.2) is 21.2 Å². The molecule has 6 nitrogen and oxygen atoms in total. The molecule has 2 heterocycles. The summed E-state index contributed by atoms with van der Waals surface area (Å²) in [7, 11) is -7.35. The van der Waals surface area contributed by atoms with Crippen LogP contribution in [0.15, 0.2) is 23.1 Å². The second-order valence-electron chi connectivity index (χ2n) is 6.72. The molecule has 2 saturated heterocycles. The van der Waals surface area contributed by atoms with E-state index in [1.54, 1.807) is 0 Å². The Kier molecular flexibility index (Phi) is 5.21. The van der Waals surface area contributed by atoms with E-state index in [4.69, 9.17) is 4.74 Å². The van der Waals surface area contributed by atoms with Gasteiger partial charge in [0.1, 0.15) is 5.82 Å². The van der Waals surface area contributed by atoms with Crippen LogP contribution in [0.4, 0.5) is 4.39 Å². The minimum absolute atomic E-state index is 0.0141. The van der Waals surface area contributed by atoms with Gasteiger partial charge in [0.2, 0.25) is 0 Å². The van der Waals surface area contributed by atoms with Crippen LogP contribution in [0.25, 0.3) is 0 Å². The average Bonchev–Trinajstić information content (AvgIpc) is 3.15. The number of ether oxygens (including phenoxy) is 1. The fraction of sp³-hybridized carbons (Fsp3) is 0.625. The van der Waals surface area contributed by atoms with Crippen molar-refractivity contribution in [1.29, 1.82) is 0 Å². The first-order valence-electron chi connectivity index (χ1n) is 8.24. The van der Waals surface area contributed by atoms with Crippen LogP contribution in [0.1, 0.15) is 18.4 Å². The summed E-state index contributed by atoms with van der Waals surface area (Å²) >= 11 is 0. The molecule has 3 rings (SSSR count). The van der Waals surface area contributed by atoms with E-state index >= 15 is 0 Å². The van der Waals surface area contributed by atoms with Crippen LogP contribution in [0.5, 0.6) is 0 Å². The third kappa shape index (κ3) is 4.05. The molecule has 0 unspecified atom stereocenters. The molecule has 0 bridgehead atoms. The average molecular weight is 391 g/mol. The number of halogens is 1. The standard InChI is InChI=1S/C16H22FNO5S2/c1-11-7-13(4-5-14(11)17)25(21,22)16-10-24(19,20)9-15(16)18-8-12-3-2-6-23-12/h4-5,7,12,15-16,18H,2-3,6,8-10H2,1H3/t12-,15+,16+/m1/s1. The van der Waals surface area contributed by atoms with E-state index in [1.165, 1.54) is 19.1 Å². The van der Waals surface area contributed by atoms with Crippen molar-refractivity contribution in [1.82, 2.24) is 5.32 Å².